The fraction of sp³-hybridized carbons (Fsp3) is 0.188. The third kappa shape index (κ3) is 3.30. The number of benzene rings is 1. The third-order valence-electron chi connectivity index (χ3n) is 3.53. The lowest BCUT2D eigenvalue weighted by Gasteiger charge is -2.07. The van der Waals surface area contributed by atoms with Gasteiger partial charge in [0.2, 0.25) is 5.91 Å². The molecule has 8 heteroatoms. The first-order chi connectivity index (χ1) is 11.6. The smallest absolute Gasteiger partial charge is 0.350 e. The quantitative estimate of drug-likeness (QED) is 0.762. The highest BCUT2D eigenvalue weighted by Gasteiger charge is 2.12. The molecule has 0 saturated heterocycles. The Hall–Kier alpha value is -2.67. The van der Waals surface area contributed by atoms with Gasteiger partial charge in [-0.1, -0.05) is 23.7 Å². The highest BCUT2D eigenvalue weighted by Crippen LogP contribution is 2.19. The maximum Gasteiger partial charge on any atom is 0.350 e. The van der Waals surface area contributed by atoms with Crippen LogP contribution in [0.4, 0.5) is 4.39 Å². The average molecular weight is 349 g/mol. The zero-order chi connectivity index (χ0) is 17.1. The van der Waals surface area contributed by atoms with Crippen LogP contribution in [0.3, 0.4) is 0 Å². The van der Waals surface area contributed by atoms with E-state index in [1.165, 1.54) is 27.3 Å². The number of carbonyl (C=O) groups excluding carboxylic acids is 1. The molecule has 0 radical (unpaired) electrons. The topological polar surface area (TPSA) is 68.4 Å². The van der Waals surface area contributed by atoms with E-state index in [2.05, 4.69) is 10.4 Å². The van der Waals surface area contributed by atoms with Crippen molar-refractivity contribution in [3.63, 3.8) is 0 Å². The van der Waals surface area contributed by atoms with Gasteiger partial charge in [0.05, 0.1) is 13.0 Å². The van der Waals surface area contributed by atoms with Gasteiger partial charge in [-0.05, 0) is 24.3 Å². The SMILES string of the molecule is O=C(Cc1c(F)cccc1Cl)NCCn1nc2ccccn2c1=O. The Morgan fingerprint density at radius 1 is 1.25 bits per heavy atom. The molecule has 0 aliphatic carbocycles. The fourth-order valence-corrected chi connectivity index (χ4v) is 2.57. The normalized spacial score (nSPS) is 10.9. The predicted octanol–water partition coefficient (Wildman–Crippen LogP) is 1.65. The van der Waals surface area contributed by atoms with Crippen LogP contribution in [0.5, 0.6) is 0 Å². The lowest BCUT2D eigenvalue weighted by atomic mass is 10.1. The molecule has 6 nitrogen and oxygen atoms in total. The molecule has 0 aliphatic heterocycles. The summed E-state index contributed by atoms with van der Waals surface area (Å²) in [6.07, 6.45) is 1.46. The van der Waals surface area contributed by atoms with Crippen LogP contribution in [-0.2, 0) is 17.8 Å². The zero-order valence-electron chi connectivity index (χ0n) is 12.6. The summed E-state index contributed by atoms with van der Waals surface area (Å²) in [5.74, 6) is -0.895. The van der Waals surface area contributed by atoms with Crippen molar-refractivity contribution in [1.29, 1.82) is 0 Å². The molecule has 2 aromatic heterocycles. The van der Waals surface area contributed by atoms with Crippen molar-refractivity contribution in [2.24, 2.45) is 0 Å². The largest absolute Gasteiger partial charge is 0.354 e. The molecule has 3 aromatic rings. The first-order valence-corrected chi connectivity index (χ1v) is 7.68. The Kier molecular flexibility index (Phi) is 4.61. The number of hydrogen-bond donors (Lipinski definition) is 1. The summed E-state index contributed by atoms with van der Waals surface area (Å²) < 4.78 is 16.3. The number of pyridine rings is 1. The van der Waals surface area contributed by atoms with Crippen LogP contribution in [0.2, 0.25) is 5.02 Å². The van der Waals surface area contributed by atoms with E-state index in [1.54, 1.807) is 24.4 Å². The molecule has 3 rings (SSSR count). The summed E-state index contributed by atoms with van der Waals surface area (Å²) in [4.78, 5) is 24.0. The Morgan fingerprint density at radius 3 is 2.83 bits per heavy atom. The molecular weight excluding hydrogens is 335 g/mol. The van der Waals surface area contributed by atoms with Crippen molar-refractivity contribution in [3.05, 3.63) is 69.5 Å². The molecule has 124 valence electrons. The molecular formula is C16H14ClFN4O2. The molecule has 0 spiro atoms. The van der Waals surface area contributed by atoms with Crippen molar-refractivity contribution in [2.75, 3.05) is 6.54 Å². The van der Waals surface area contributed by atoms with Crippen molar-refractivity contribution in [2.45, 2.75) is 13.0 Å². The minimum Gasteiger partial charge on any atom is -0.354 e. The molecule has 0 fully saturated rings. The van der Waals surface area contributed by atoms with Crippen LogP contribution >= 0.6 is 11.6 Å². The van der Waals surface area contributed by atoms with Gasteiger partial charge in [0.1, 0.15) is 5.82 Å². The van der Waals surface area contributed by atoms with Gasteiger partial charge in [0.15, 0.2) is 5.65 Å². The third-order valence-corrected chi connectivity index (χ3v) is 3.89. The van der Waals surface area contributed by atoms with Crippen LogP contribution < -0.4 is 11.0 Å². The number of nitrogens with one attached hydrogen (secondary N) is 1. The summed E-state index contributed by atoms with van der Waals surface area (Å²) in [6, 6.07) is 9.51. The monoisotopic (exact) mass is 348 g/mol. The highest BCUT2D eigenvalue weighted by molar-refractivity contribution is 6.31. The van der Waals surface area contributed by atoms with Crippen molar-refractivity contribution in [1.82, 2.24) is 19.5 Å². The van der Waals surface area contributed by atoms with Gasteiger partial charge in [0.25, 0.3) is 0 Å². The molecule has 1 aromatic carbocycles. The fourth-order valence-electron chi connectivity index (χ4n) is 2.34. The van der Waals surface area contributed by atoms with E-state index in [4.69, 9.17) is 11.6 Å². The van der Waals surface area contributed by atoms with E-state index >= 15 is 0 Å². The van der Waals surface area contributed by atoms with Gasteiger partial charge in [-0.25, -0.2) is 13.9 Å². The number of fused-ring (bicyclic) bond motifs is 1. The van der Waals surface area contributed by atoms with Crippen molar-refractivity contribution in [3.8, 4) is 0 Å². The van der Waals surface area contributed by atoms with Crippen LogP contribution in [0.1, 0.15) is 5.56 Å². The Labute approximate surface area is 141 Å². The van der Waals surface area contributed by atoms with Gasteiger partial charge in [-0.2, -0.15) is 0 Å². The van der Waals surface area contributed by atoms with Gasteiger partial charge in [-0.15, -0.1) is 5.10 Å². The van der Waals surface area contributed by atoms with Crippen molar-refractivity contribution >= 4 is 23.2 Å². The molecule has 24 heavy (non-hydrogen) atoms. The second-order valence-corrected chi connectivity index (χ2v) is 5.57. The second-order valence-electron chi connectivity index (χ2n) is 5.16. The van der Waals surface area contributed by atoms with Crippen LogP contribution in [-0.4, -0.2) is 26.6 Å². The molecule has 0 atom stereocenters. The predicted molar refractivity (Wildman–Crippen MR) is 87.6 cm³/mol. The minimum atomic E-state index is -0.519. The molecule has 0 aliphatic rings. The first-order valence-electron chi connectivity index (χ1n) is 7.30. The van der Waals surface area contributed by atoms with E-state index in [0.29, 0.717) is 5.65 Å². The molecule has 0 saturated carbocycles. The molecule has 2 heterocycles. The minimum absolute atomic E-state index is 0.154. The lowest BCUT2D eigenvalue weighted by molar-refractivity contribution is -0.120. The Bertz CT molecular complexity index is 930. The van der Waals surface area contributed by atoms with E-state index in [-0.39, 0.29) is 41.7 Å². The second kappa shape index (κ2) is 6.84. The number of halogens is 2. The van der Waals surface area contributed by atoms with E-state index in [1.807, 2.05) is 0 Å². The standard InChI is InChI=1S/C16H14ClFN4O2/c17-12-4-3-5-13(18)11(12)10-15(23)19-7-9-22-16(24)21-8-2-1-6-14(21)20-22/h1-6,8H,7,9-10H2,(H,19,23). The highest BCUT2D eigenvalue weighted by atomic mass is 35.5. The summed E-state index contributed by atoms with van der Waals surface area (Å²) in [5.41, 5.74) is 0.408. The van der Waals surface area contributed by atoms with Gasteiger partial charge < -0.3 is 5.32 Å². The van der Waals surface area contributed by atoms with E-state index < -0.39 is 5.82 Å². The Balaban J connectivity index is 1.60. The van der Waals surface area contributed by atoms with Gasteiger partial charge in [-0.3, -0.25) is 9.20 Å². The van der Waals surface area contributed by atoms with E-state index in [9.17, 15) is 14.0 Å². The lowest BCUT2D eigenvalue weighted by Crippen LogP contribution is -2.32. The molecule has 0 bridgehead atoms. The van der Waals surface area contributed by atoms with Crippen LogP contribution in [0.25, 0.3) is 5.65 Å². The number of nitrogens with zero attached hydrogens (tertiary/aromatic N) is 3. The zero-order valence-corrected chi connectivity index (χ0v) is 13.3. The summed E-state index contributed by atoms with van der Waals surface area (Å²) >= 11 is 5.89. The number of aromatic nitrogens is 3. The van der Waals surface area contributed by atoms with Gasteiger partial charge >= 0.3 is 5.69 Å². The number of hydrogen-bond acceptors (Lipinski definition) is 3. The molecule has 1 N–H and O–H groups in total. The number of rotatable bonds is 5. The van der Waals surface area contributed by atoms with E-state index in [0.717, 1.165) is 0 Å². The summed E-state index contributed by atoms with van der Waals surface area (Å²) in [7, 11) is 0. The average Bonchev–Trinajstić information content (AvgIpc) is 2.88. The van der Waals surface area contributed by atoms with Crippen molar-refractivity contribution < 1.29 is 9.18 Å². The first kappa shape index (κ1) is 16.2. The summed E-state index contributed by atoms with van der Waals surface area (Å²) in [6.45, 7) is 0.423. The van der Waals surface area contributed by atoms with Gasteiger partial charge in [0, 0.05) is 23.3 Å². The number of carbonyl (C=O) groups is 1. The maximum absolute atomic E-state index is 13.6. The molecule has 0 unspecified atom stereocenters. The van der Waals surface area contributed by atoms with Crippen LogP contribution in [0.15, 0.2) is 47.4 Å². The number of amides is 1. The summed E-state index contributed by atoms with van der Waals surface area (Å²) in [5, 5.41) is 7.00. The maximum atomic E-state index is 13.6. The van der Waals surface area contributed by atoms with Crippen LogP contribution in [0, 0.1) is 5.82 Å². The molecule has 1 amide bonds. The Morgan fingerprint density at radius 2 is 2.08 bits per heavy atom.